The number of amides is 1. The number of benzene rings is 2. The average molecular weight is 585 g/mol. The Hall–Kier alpha value is -2.68. The van der Waals surface area contributed by atoms with Crippen LogP contribution in [0.2, 0.25) is 0 Å². The van der Waals surface area contributed by atoms with Crippen molar-refractivity contribution in [2.45, 2.75) is 36.7 Å². The van der Waals surface area contributed by atoms with Gasteiger partial charge in [0.2, 0.25) is 10.0 Å². The predicted molar refractivity (Wildman–Crippen MR) is 142 cm³/mol. The molecule has 2 saturated carbocycles. The van der Waals surface area contributed by atoms with E-state index < -0.39 is 43.4 Å². The minimum Gasteiger partial charge on any atom is -1.00 e. The summed E-state index contributed by atoms with van der Waals surface area (Å²) in [6.07, 6.45) is 3.53. The van der Waals surface area contributed by atoms with E-state index in [0.29, 0.717) is 5.56 Å². The number of carbonyl (C=O) groups is 1. The molecule has 2 unspecified atom stereocenters. The van der Waals surface area contributed by atoms with E-state index in [1.54, 1.807) is 17.0 Å². The summed E-state index contributed by atoms with van der Waals surface area (Å²) in [5.74, 6) is -1.98. The Morgan fingerprint density at radius 2 is 1.87 bits per heavy atom. The van der Waals surface area contributed by atoms with Gasteiger partial charge in [0, 0.05) is 18.3 Å². The van der Waals surface area contributed by atoms with Crippen LogP contribution in [-0.4, -0.2) is 68.8 Å². The van der Waals surface area contributed by atoms with Crippen LogP contribution < -0.4 is 15.1 Å². The smallest absolute Gasteiger partial charge is 1.00 e. The van der Waals surface area contributed by atoms with Crippen LogP contribution in [0.15, 0.2) is 63.1 Å². The third-order valence-electron chi connectivity index (χ3n) is 7.79. The normalized spacial score (nSPS) is 26.8. The molecule has 39 heavy (non-hydrogen) atoms. The van der Waals surface area contributed by atoms with Gasteiger partial charge in [0.1, 0.15) is 10.7 Å². The van der Waals surface area contributed by atoms with Gasteiger partial charge in [-0.3, -0.25) is 9.52 Å². The molecule has 2 bridgehead atoms. The fourth-order valence-corrected chi connectivity index (χ4v) is 8.06. The van der Waals surface area contributed by atoms with Crippen molar-refractivity contribution in [3.63, 3.8) is 0 Å². The van der Waals surface area contributed by atoms with Crippen molar-refractivity contribution >= 4 is 66.2 Å². The van der Waals surface area contributed by atoms with Crippen LogP contribution in [0.4, 0.5) is 15.8 Å². The van der Waals surface area contributed by atoms with E-state index >= 15 is 0 Å². The first-order valence-corrected chi connectivity index (χ1v) is 15.5. The number of nitrogens with one attached hydrogen (secondary N) is 2. The number of fused-ring (bicyclic) bond motifs is 6. The van der Waals surface area contributed by atoms with Crippen molar-refractivity contribution in [1.29, 1.82) is 0 Å². The van der Waals surface area contributed by atoms with E-state index in [4.69, 9.17) is 0 Å². The molecule has 2 aliphatic heterocycles. The third kappa shape index (κ3) is 4.91. The molecule has 4 atom stereocenters. The number of anilines is 2. The van der Waals surface area contributed by atoms with Crippen molar-refractivity contribution in [3.8, 4) is 0 Å². The first-order chi connectivity index (χ1) is 17.9. The summed E-state index contributed by atoms with van der Waals surface area (Å²) in [5, 5.41) is 16.6. The van der Waals surface area contributed by atoms with Gasteiger partial charge in [-0.1, -0.05) is 12.1 Å². The van der Waals surface area contributed by atoms with Crippen LogP contribution in [0, 0.1) is 23.6 Å². The van der Waals surface area contributed by atoms with Gasteiger partial charge in [0.15, 0.2) is 5.84 Å². The van der Waals surface area contributed by atoms with Gasteiger partial charge in [-0.05, 0) is 72.9 Å². The standard InChI is InChI=1S/C25H25FN4O6S2.Mg.H/c1-37(33,34)28-17-8-9-18-19(11-17)38(35,36)29-24(27-18)21-23(31)20-14-4-5-15(10-14)22(20)30(25(21)32)12-13-2-6-16(26)7-3-13;;/h2-3,6-9,11,14-15,20,22,28,31H,4-5,10,12H2,1H3,(H,27,29);;/q;+2;-1/p-1/t14-,15+,20?,22?;;/m0../s1. The topological polar surface area (TPSA) is 148 Å². The monoisotopic (exact) mass is 584 g/mol. The molecule has 2 heterocycles. The molecule has 2 aromatic carbocycles. The number of sulfonamides is 2. The summed E-state index contributed by atoms with van der Waals surface area (Å²) in [6, 6.07) is 9.32. The van der Waals surface area contributed by atoms with E-state index in [1.807, 2.05) is 0 Å². The molecule has 0 saturated heterocycles. The number of nitrogens with zero attached hydrogens (tertiary/aromatic N) is 2. The minimum absolute atomic E-state index is 0. The Kier molecular flexibility index (Phi) is 6.97. The quantitative estimate of drug-likeness (QED) is 0.506. The molecule has 0 spiro atoms. The molecule has 2 aromatic rings. The maximum atomic E-state index is 13.9. The molecular weight excluding hydrogens is 560 g/mol. The van der Waals surface area contributed by atoms with E-state index in [0.717, 1.165) is 31.6 Å². The van der Waals surface area contributed by atoms with E-state index in [-0.39, 0.29) is 76.6 Å². The maximum absolute atomic E-state index is 13.9. The first-order valence-electron chi connectivity index (χ1n) is 12.1. The summed E-state index contributed by atoms with van der Waals surface area (Å²) >= 11 is 0. The Bertz CT molecular complexity index is 1650. The van der Waals surface area contributed by atoms with E-state index in [2.05, 4.69) is 14.4 Å². The number of carbonyl (C=O) groups excluding carboxylic acids is 1. The molecular formula is C25H25FMgN4O6S2. The van der Waals surface area contributed by atoms with Gasteiger partial charge >= 0.3 is 23.1 Å². The van der Waals surface area contributed by atoms with Crippen molar-refractivity contribution in [1.82, 2.24) is 4.90 Å². The third-order valence-corrected chi connectivity index (χ3v) is 9.71. The Labute approximate surface area is 243 Å². The van der Waals surface area contributed by atoms with Crippen molar-refractivity contribution in [2.75, 3.05) is 16.3 Å². The zero-order valence-corrected chi connectivity index (χ0v) is 24.0. The molecule has 2 aliphatic carbocycles. The molecule has 4 aliphatic rings. The second-order valence-corrected chi connectivity index (χ2v) is 13.6. The van der Waals surface area contributed by atoms with Crippen LogP contribution >= 0.6 is 0 Å². The molecule has 2 N–H and O–H groups in total. The Morgan fingerprint density at radius 3 is 2.56 bits per heavy atom. The van der Waals surface area contributed by atoms with Crippen LogP contribution in [0.1, 0.15) is 26.3 Å². The number of hydrogen-bond donors (Lipinski definition) is 2. The number of rotatable bonds is 5. The maximum Gasteiger partial charge on any atom is 2.00 e. The van der Waals surface area contributed by atoms with Gasteiger partial charge in [0.05, 0.1) is 17.5 Å². The fraction of sp³-hybridized carbons (Fsp3) is 0.360. The fourth-order valence-electron chi connectivity index (χ4n) is 6.36. The van der Waals surface area contributed by atoms with Gasteiger partial charge in [-0.2, -0.15) is 8.42 Å². The molecule has 10 nitrogen and oxygen atoms in total. The average Bonchev–Trinajstić information content (AvgIpc) is 3.45. The summed E-state index contributed by atoms with van der Waals surface area (Å²) < 4.78 is 68.9. The van der Waals surface area contributed by atoms with Crippen LogP contribution in [-0.2, 0) is 31.4 Å². The van der Waals surface area contributed by atoms with Gasteiger partial charge < -0.3 is 16.7 Å². The number of hydrogen-bond acceptors (Lipinski definition) is 7. The molecule has 14 heteroatoms. The van der Waals surface area contributed by atoms with Crippen LogP contribution in [0.5, 0.6) is 0 Å². The summed E-state index contributed by atoms with van der Waals surface area (Å²) in [6.45, 7) is 0.150. The second kappa shape index (κ2) is 9.75. The van der Waals surface area contributed by atoms with Gasteiger partial charge in [0.25, 0.3) is 15.9 Å². The molecule has 202 valence electrons. The largest absolute Gasteiger partial charge is 2.00 e. The summed E-state index contributed by atoms with van der Waals surface area (Å²) in [4.78, 5) is 15.2. The van der Waals surface area contributed by atoms with Crippen molar-refractivity contribution in [2.24, 2.45) is 22.2 Å². The number of amidine groups is 1. The molecule has 0 radical (unpaired) electrons. The summed E-state index contributed by atoms with van der Waals surface area (Å²) in [5.41, 5.74) is 0.483. The van der Waals surface area contributed by atoms with E-state index in [9.17, 15) is 31.1 Å². The first kappa shape index (κ1) is 27.9. The molecule has 1 amide bonds. The SMILES string of the molecule is CS(=O)(=O)Nc1ccc2c(c1)S(=O)(=O)N=C(C1=C([O-])C3C([C@@H]4CC[C@H]3C4)N(Cc3ccc(F)cc3)C1=O)N2.[H-].[Mg+2]. The van der Waals surface area contributed by atoms with Gasteiger partial charge in [-0.15, -0.1) is 10.2 Å². The van der Waals surface area contributed by atoms with Gasteiger partial charge in [-0.25, -0.2) is 12.8 Å². The Morgan fingerprint density at radius 1 is 1.18 bits per heavy atom. The Balaban J connectivity index is 0.00000185. The molecule has 0 aromatic heterocycles. The van der Waals surface area contributed by atoms with Crippen LogP contribution in [0.3, 0.4) is 0 Å². The van der Waals surface area contributed by atoms with E-state index in [1.165, 1.54) is 24.3 Å². The molecule has 6 rings (SSSR count). The summed E-state index contributed by atoms with van der Waals surface area (Å²) in [7, 11) is -8.03. The van der Waals surface area contributed by atoms with Crippen molar-refractivity contribution < 1.29 is 32.6 Å². The minimum atomic E-state index is -4.37. The molecule has 2 fully saturated rings. The zero-order chi connectivity index (χ0) is 27.0. The number of halogens is 1. The predicted octanol–water partition coefficient (Wildman–Crippen LogP) is 1.51. The zero-order valence-electron chi connectivity index (χ0n) is 21.9. The second-order valence-electron chi connectivity index (χ2n) is 10.3. The van der Waals surface area contributed by atoms with Crippen LogP contribution in [0.25, 0.3) is 0 Å². The van der Waals surface area contributed by atoms with Crippen molar-refractivity contribution in [3.05, 3.63) is 65.2 Å².